The Morgan fingerprint density at radius 1 is 1.22 bits per heavy atom. The van der Waals surface area contributed by atoms with Gasteiger partial charge in [-0.2, -0.15) is 5.26 Å². The molecule has 0 bridgehead atoms. The summed E-state index contributed by atoms with van der Waals surface area (Å²) in [4.78, 5) is 22.2. The van der Waals surface area contributed by atoms with Crippen LogP contribution < -0.4 is 10.6 Å². The number of tetrazole rings is 1. The first-order valence-corrected chi connectivity index (χ1v) is 17.4. The van der Waals surface area contributed by atoms with E-state index in [1.165, 1.54) is 4.80 Å². The number of hydrogen-bond donors (Lipinski definition) is 2. The van der Waals surface area contributed by atoms with Gasteiger partial charge in [-0.05, 0) is 95.0 Å². The molecule has 0 aromatic carbocycles. The van der Waals surface area contributed by atoms with Crippen LogP contribution in [0, 0.1) is 22.7 Å². The van der Waals surface area contributed by atoms with E-state index in [0.29, 0.717) is 62.0 Å². The zero-order valence-electron chi connectivity index (χ0n) is 28.4. The lowest BCUT2D eigenvalue weighted by Gasteiger charge is -2.31. The molecule has 2 fully saturated rings. The molecule has 14 nitrogen and oxygen atoms in total. The molecule has 5 rings (SSSR count). The molecule has 2 aliphatic rings. The van der Waals surface area contributed by atoms with Gasteiger partial charge >= 0.3 is 6.16 Å². The maximum absolute atomic E-state index is 11.5. The van der Waals surface area contributed by atoms with E-state index in [0.717, 1.165) is 54.9 Å². The van der Waals surface area contributed by atoms with Gasteiger partial charge in [0.2, 0.25) is 12.1 Å². The highest BCUT2D eigenvalue weighted by molar-refractivity contribution is 6.33. The van der Waals surface area contributed by atoms with Crippen molar-refractivity contribution in [3.63, 3.8) is 0 Å². The third kappa shape index (κ3) is 10.5. The predicted octanol–water partition coefficient (Wildman–Crippen LogP) is 5.50. The minimum absolute atomic E-state index is 0.156. The van der Waals surface area contributed by atoms with Crippen molar-refractivity contribution in [3.8, 4) is 17.3 Å². The van der Waals surface area contributed by atoms with Crippen molar-refractivity contribution in [2.75, 3.05) is 38.3 Å². The van der Waals surface area contributed by atoms with Crippen LogP contribution in [0.5, 0.6) is 0 Å². The van der Waals surface area contributed by atoms with E-state index in [4.69, 9.17) is 35.5 Å². The molecule has 3 aromatic rings. The second-order valence-corrected chi connectivity index (χ2v) is 13.3. The fourth-order valence-electron chi connectivity index (χ4n) is 6.24. The fraction of sp³-hybridized carbons (Fsp3) is 0.618. The molecule has 0 amide bonds. The number of hydrogen-bond acceptors (Lipinski definition) is 13. The Kier molecular flexibility index (Phi) is 13.1. The number of carbonyl (C=O) groups excluding carboxylic acids is 1. The summed E-state index contributed by atoms with van der Waals surface area (Å²) in [5.74, 6) is 1.67. The van der Waals surface area contributed by atoms with Crippen molar-refractivity contribution in [1.82, 2.24) is 35.5 Å². The monoisotopic (exact) mass is 695 g/mol. The van der Waals surface area contributed by atoms with Crippen molar-refractivity contribution in [2.24, 2.45) is 11.3 Å². The lowest BCUT2D eigenvalue weighted by atomic mass is 9.82. The largest absolute Gasteiger partial charge is 0.510 e. The van der Waals surface area contributed by atoms with E-state index >= 15 is 0 Å². The first kappa shape index (κ1) is 36.4. The Labute approximate surface area is 292 Å². The highest BCUT2D eigenvalue weighted by Crippen LogP contribution is 2.33. The van der Waals surface area contributed by atoms with Gasteiger partial charge in [-0.3, -0.25) is 4.98 Å². The minimum Gasteiger partial charge on any atom is -0.435 e. The molecule has 1 saturated carbocycles. The van der Waals surface area contributed by atoms with Gasteiger partial charge in [0.05, 0.1) is 35.4 Å². The van der Waals surface area contributed by atoms with Crippen LogP contribution in [0.25, 0.3) is 11.3 Å². The molecule has 4 heterocycles. The normalized spacial score (nSPS) is 20.1. The highest BCUT2D eigenvalue weighted by atomic mass is 35.5. The smallest absolute Gasteiger partial charge is 0.435 e. The van der Waals surface area contributed by atoms with Gasteiger partial charge in [-0.1, -0.05) is 17.7 Å². The first-order chi connectivity index (χ1) is 23.8. The van der Waals surface area contributed by atoms with E-state index in [2.05, 4.69) is 50.1 Å². The number of halogens is 1. The molecule has 1 saturated heterocycles. The number of nitrogens with zero attached hydrogens (tertiary/aromatic N) is 7. The average Bonchev–Trinajstić information content (AvgIpc) is 3.59. The van der Waals surface area contributed by atoms with Gasteiger partial charge in [0.25, 0.3) is 0 Å². The SMILES string of the molecule is CCOC(=O)O[C@@H](C)n1nnc(COCC(C)NC2CCC(Cc3cc(-c4cccc(NCC5(C#N)CCOCC5)n4)c(Cl)cn3)CC2)n1. The molecular weight excluding hydrogens is 650 g/mol. The van der Waals surface area contributed by atoms with Crippen LogP contribution in [-0.4, -0.2) is 81.4 Å². The van der Waals surface area contributed by atoms with E-state index in [1.54, 1.807) is 20.0 Å². The number of anilines is 1. The molecular formula is C34H46ClN9O5. The maximum Gasteiger partial charge on any atom is 0.510 e. The van der Waals surface area contributed by atoms with Gasteiger partial charge in [0.1, 0.15) is 12.4 Å². The van der Waals surface area contributed by atoms with Crippen LogP contribution in [-0.2, 0) is 32.0 Å². The summed E-state index contributed by atoms with van der Waals surface area (Å²) in [7, 11) is 0. The number of rotatable bonds is 15. The number of nitriles is 1. The van der Waals surface area contributed by atoms with Gasteiger partial charge in [-0.15, -0.1) is 15.0 Å². The van der Waals surface area contributed by atoms with E-state index in [-0.39, 0.29) is 19.3 Å². The quantitative estimate of drug-likeness (QED) is 0.191. The molecule has 1 aliphatic heterocycles. The fourth-order valence-corrected chi connectivity index (χ4v) is 6.44. The Hall–Kier alpha value is -3.90. The molecule has 0 radical (unpaired) electrons. The molecule has 2 N–H and O–H groups in total. The Bertz CT molecular complexity index is 1550. The van der Waals surface area contributed by atoms with Crippen LogP contribution in [0.4, 0.5) is 10.6 Å². The topological polar surface area (TPSA) is 171 Å². The van der Waals surface area contributed by atoms with E-state index in [9.17, 15) is 10.1 Å². The van der Waals surface area contributed by atoms with Gasteiger partial charge in [0, 0.05) is 49.3 Å². The Morgan fingerprint density at radius 3 is 2.78 bits per heavy atom. The molecule has 264 valence electrons. The number of pyridine rings is 2. The Morgan fingerprint density at radius 2 is 2.02 bits per heavy atom. The van der Waals surface area contributed by atoms with E-state index < -0.39 is 17.8 Å². The lowest BCUT2D eigenvalue weighted by Crippen LogP contribution is -2.41. The number of aromatic nitrogens is 6. The summed E-state index contributed by atoms with van der Waals surface area (Å²) in [6.45, 7) is 8.11. The van der Waals surface area contributed by atoms with Gasteiger partial charge < -0.3 is 29.6 Å². The van der Waals surface area contributed by atoms with Crippen LogP contribution >= 0.6 is 11.6 Å². The van der Waals surface area contributed by atoms with Crippen molar-refractivity contribution in [1.29, 1.82) is 5.26 Å². The van der Waals surface area contributed by atoms with Crippen LogP contribution in [0.2, 0.25) is 5.02 Å². The summed E-state index contributed by atoms with van der Waals surface area (Å²) < 4.78 is 21.1. The van der Waals surface area contributed by atoms with Crippen LogP contribution in [0.15, 0.2) is 30.5 Å². The van der Waals surface area contributed by atoms with Crippen molar-refractivity contribution < 1.29 is 23.7 Å². The van der Waals surface area contributed by atoms with E-state index in [1.807, 2.05) is 18.2 Å². The molecule has 1 aliphatic carbocycles. The molecule has 49 heavy (non-hydrogen) atoms. The highest BCUT2D eigenvalue weighted by Gasteiger charge is 2.32. The molecule has 3 aromatic heterocycles. The maximum atomic E-state index is 11.5. The molecule has 1 unspecified atom stereocenters. The van der Waals surface area contributed by atoms with Crippen molar-refractivity contribution in [3.05, 3.63) is 47.0 Å². The molecule has 0 spiro atoms. The zero-order valence-corrected chi connectivity index (χ0v) is 29.2. The lowest BCUT2D eigenvalue weighted by molar-refractivity contribution is -0.00552. The number of nitrogens with one attached hydrogen (secondary N) is 2. The van der Waals surface area contributed by atoms with Crippen LogP contribution in [0.1, 0.15) is 77.0 Å². The third-order valence-corrected chi connectivity index (χ3v) is 9.32. The summed E-state index contributed by atoms with van der Waals surface area (Å²) in [5, 5.41) is 29.6. The van der Waals surface area contributed by atoms with Crippen molar-refractivity contribution >= 4 is 23.6 Å². The van der Waals surface area contributed by atoms with Gasteiger partial charge in [-0.25, -0.2) is 9.78 Å². The average molecular weight is 696 g/mol. The van der Waals surface area contributed by atoms with Crippen molar-refractivity contribution in [2.45, 2.75) is 90.6 Å². The summed E-state index contributed by atoms with van der Waals surface area (Å²) >= 11 is 6.62. The predicted molar refractivity (Wildman–Crippen MR) is 181 cm³/mol. The number of ether oxygens (including phenoxy) is 4. The molecule has 2 atom stereocenters. The van der Waals surface area contributed by atoms with Gasteiger partial charge in [0.15, 0.2) is 0 Å². The third-order valence-electron chi connectivity index (χ3n) is 9.02. The van der Waals surface area contributed by atoms with Crippen LogP contribution in [0.3, 0.4) is 0 Å². The zero-order chi connectivity index (χ0) is 34.6. The number of carbonyl (C=O) groups is 1. The first-order valence-electron chi connectivity index (χ1n) is 17.1. The minimum atomic E-state index is -0.781. The summed E-state index contributed by atoms with van der Waals surface area (Å²) in [5.41, 5.74) is 2.20. The summed E-state index contributed by atoms with van der Waals surface area (Å²) in [6.07, 6.45) is 6.88. The molecule has 15 heteroatoms. The standard InChI is InChI=1S/C34H46ClN9O5/c1-4-48-33(45)49-24(3)44-42-32(41-43-44)20-47-19-23(2)39-26-10-8-25(9-11-26)16-27-17-28(29(35)18-37-27)30-6-5-7-31(40-30)38-22-34(21-36)12-14-46-15-13-34/h5-7,17-18,23-26,39H,4,8-16,19-20,22H2,1-3H3,(H,38,40)/t23?,24-,25?,26?/m0/s1. The second kappa shape index (κ2) is 17.7. The Balaban J connectivity index is 1.04. The second-order valence-electron chi connectivity index (χ2n) is 12.9. The summed E-state index contributed by atoms with van der Waals surface area (Å²) in [6, 6.07) is 11.0.